The summed E-state index contributed by atoms with van der Waals surface area (Å²) in [6.07, 6.45) is 2.85. The zero-order valence-corrected chi connectivity index (χ0v) is 12.4. The second-order valence-corrected chi connectivity index (χ2v) is 6.17. The first-order valence-electron chi connectivity index (χ1n) is 6.53. The van der Waals surface area contributed by atoms with Crippen LogP contribution in [-0.4, -0.2) is 50.3 Å². The number of nitrogens with zero attached hydrogens (tertiary/aromatic N) is 2. The van der Waals surface area contributed by atoms with Crippen molar-refractivity contribution in [2.45, 2.75) is 32.8 Å². The predicted molar refractivity (Wildman–Crippen MR) is 72.4 cm³/mol. The van der Waals surface area contributed by atoms with Crippen molar-refractivity contribution in [3.05, 3.63) is 11.8 Å². The van der Waals surface area contributed by atoms with E-state index in [1.165, 1.54) is 13.1 Å². The molecule has 1 fully saturated rings. The molecule has 2 aliphatic heterocycles. The minimum Gasteiger partial charge on any atom is -0.462 e. The molecule has 0 spiro atoms. The molecule has 1 unspecified atom stereocenters. The highest BCUT2D eigenvalue weighted by molar-refractivity contribution is 7.88. The van der Waals surface area contributed by atoms with Crippen LogP contribution < -0.4 is 0 Å². The standard InChI is InChI=1S/C12H18N2O5S/c1-3-18-12(15)11-8-14(7-10-5-4-6-19-10)20(16,17)13-9(11)2/h8,10H,3-7H2,1-2H3. The molecule has 112 valence electrons. The van der Waals surface area contributed by atoms with Crippen LogP contribution in [0.15, 0.2) is 16.2 Å². The fourth-order valence-corrected chi connectivity index (χ4v) is 3.27. The highest BCUT2D eigenvalue weighted by Crippen LogP contribution is 2.21. The monoisotopic (exact) mass is 302 g/mol. The molecule has 0 radical (unpaired) electrons. The van der Waals surface area contributed by atoms with Gasteiger partial charge in [-0.05, 0) is 26.7 Å². The van der Waals surface area contributed by atoms with Crippen molar-refractivity contribution < 1.29 is 22.7 Å². The minimum absolute atomic E-state index is 0.145. The SMILES string of the molecule is CCOC(=O)C1=CN(CC2CCCO2)S(=O)(=O)N=C1C. The molecule has 2 aliphatic rings. The van der Waals surface area contributed by atoms with Crippen molar-refractivity contribution in [2.24, 2.45) is 4.40 Å². The van der Waals surface area contributed by atoms with Crippen LogP contribution in [-0.2, 0) is 24.5 Å². The quantitative estimate of drug-likeness (QED) is 0.711. The van der Waals surface area contributed by atoms with Crippen molar-refractivity contribution in [2.75, 3.05) is 19.8 Å². The Morgan fingerprint density at radius 2 is 2.35 bits per heavy atom. The van der Waals surface area contributed by atoms with Crippen LogP contribution >= 0.6 is 0 Å². The van der Waals surface area contributed by atoms with Crippen molar-refractivity contribution in [3.8, 4) is 0 Å². The molecule has 0 N–H and O–H groups in total. The Labute approximate surface area is 118 Å². The summed E-state index contributed by atoms with van der Waals surface area (Å²) in [7, 11) is -3.78. The van der Waals surface area contributed by atoms with Gasteiger partial charge in [-0.2, -0.15) is 8.42 Å². The Kier molecular flexibility index (Phi) is 4.44. The van der Waals surface area contributed by atoms with Gasteiger partial charge in [0.05, 0.1) is 30.5 Å². The fraction of sp³-hybridized carbons (Fsp3) is 0.667. The summed E-state index contributed by atoms with van der Waals surface area (Å²) in [6, 6.07) is 0. The average Bonchev–Trinajstić information content (AvgIpc) is 2.85. The van der Waals surface area contributed by atoms with Gasteiger partial charge < -0.3 is 9.47 Å². The molecule has 0 amide bonds. The smallest absolute Gasteiger partial charge is 0.344 e. The summed E-state index contributed by atoms with van der Waals surface area (Å²) in [4.78, 5) is 11.8. The molecular formula is C12H18N2O5S. The molecule has 8 heteroatoms. The molecule has 0 aromatic carbocycles. The topological polar surface area (TPSA) is 85.3 Å². The molecule has 2 rings (SSSR count). The maximum atomic E-state index is 12.0. The third kappa shape index (κ3) is 3.18. The second-order valence-electron chi connectivity index (χ2n) is 4.62. The maximum absolute atomic E-state index is 12.0. The van der Waals surface area contributed by atoms with Gasteiger partial charge in [0.2, 0.25) is 0 Å². The third-order valence-corrected chi connectivity index (χ3v) is 4.47. The van der Waals surface area contributed by atoms with Gasteiger partial charge in [-0.3, -0.25) is 4.31 Å². The van der Waals surface area contributed by atoms with Crippen molar-refractivity contribution >= 4 is 21.9 Å². The number of carbonyl (C=O) groups is 1. The van der Waals surface area contributed by atoms with Crippen LogP contribution in [0.4, 0.5) is 0 Å². The van der Waals surface area contributed by atoms with Crippen molar-refractivity contribution in [1.29, 1.82) is 0 Å². The van der Waals surface area contributed by atoms with E-state index in [1.54, 1.807) is 6.92 Å². The number of carbonyl (C=O) groups excluding carboxylic acids is 1. The second kappa shape index (κ2) is 5.92. The Bertz CT molecular complexity index is 546. The van der Waals surface area contributed by atoms with E-state index in [2.05, 4.69) is 4.40 Å². The molecular weight excluding hydrogens is 284 g/mol. The molecule has 0 aromatic heterocycles. The predicted octanol–water partition coefficient (Wildman–Crippen LogP) is 0.634. The largest absolute Gasteiger partial charge is 0.462 e. The lowest BCUT2D eigenvalue weighted by Gasteiger charge is -2.25. The van der Waals surface area contributed by atoms with Gasteiger partial charge in [-0.1, -0.05) is 0 Å². The number of rotatable bonds is 4. The number of hydrogen-bond donors (Lipinski definition) is 0. The van der Waals surface area contributed by atoms with E-state index in [0.717, 1.165) is 17.1 Å². The lowest BCUT2D eigenvalue weighted by Crippen LogP contribution is -2.36. The van der Waals surface area contributed by atoms with Crippen LogP contribution in [0.1, 0.15) is 26.7 Å². The summed E-state index contributed by atoms with van der Waals surface area (Å²) in [6.45, 7) is 4.19. The summed E-state index contributed by atoms with van der Waals surface area (Å²) in [5.74, 6) is -0.569. The first-order chi connectivity index (χ1) is 9.44. The maximum Gasteiger partial charge on any atom is 0.344 e. The molecule has 2 heterocycles. The molecule has 1 atom stereocenters. The van der Waals surface area contributed by atoms with E-state index < -0.39 is 16.2 Å². The molecule has 0 saturated carbocycles. The van der Waals surface area contributed by atoms with Crippen LogP contribution in [0.2, 0.25) is 0 Å². The van der Waals surface area contributed by atoms with Crippen molar-refractivity contribution in [1.82, 2.24) is 4.31 Å². The Morgan fingerprint density at radius 3 is 2.95 bits per heavy atom. The van der Waals surface area contributed by atoms with Crippen molar-refractivity contribution in [3.63, 3.8) is 0 Å². The average molecular weight is 302 g/mol. The summed E-state index contributed by atoms with van der Waals surface area (Å²) in [5, 5.41) is 0. The molecule has 20 heavy (non-hydrogen) atoms. The fourth-order valence-electron chi connectivity index (χ4n) is 2.12. The summed E-state index contributed by atoms with van der Waals surface area (Å²) in [5.41, 5.74) is 0.312. The van der Waals surface area contributed by atoms with E-state index in [1.807, 2.05) is 0 Å². The zero-order chi connectivity index (χ0) is 14.8. The van der Waals surface area contributed by atoms with Gasteiger partial charge >= 0.3 is 16.2 Å². The van der Waals surface area contributed by atoms with Crippen LogP contribution in [0.5, 0.6) is 0 Å². The molecule has 0 aromatic rings. The summed E-state index contributed by atoms with van der Waals surface area (Å²) < 4.78 is 39.0. The highest BCUT2D eigenvalue weighted by Gasteiger charge is 2.31. The Hall–Kier alpha value is -1.41. The molecule has 7 nitrogen and oxygen atoms in total. The Balaban J connectivity index is 2.22. The molecule has 0 bridgehead atoms. The van der Waals surface area contributed by atoms with Gasteiger partial charge in [0, 0.05) is 12.8 Å². The lowest BCUT2D eigenvalue weighted by atomic mass is 10.2. The van der Waals surface area contributed by atoms with Gasteiger partial charge in [0.25, 0.3) is 0 Å². The van der Waals surface area contributed by atoms with Crippen LogP contribution in [0, 0.1) is 0 Å². The molecule has 1 saturated heterocycles. The molecule has 0 aliphatic carbocycles. The van der Waals surface area contributed by atoms with Gasteiger partial charge in [-0.15, -0.1) is 4.40 Å². The van der Waals surface area contributed by atoms with Gasteiger partial charge in [-0.25, -0.2) is 4.79 Å². The van der Waals surface area contributed by atoms with Gasteiger partial charge in [0.15, 0.2) is 0 Å². The van der Waals surface area contributed by atoms with Crippen LogP contribution in [0.25, 0.3) is 0 Å². The highest BCUT2D eigenvalue weighted by atomic mass is 32.2. The lowest BCUT2D eigenvalue weighted by molar-refractivity contribution is -0.137. The third-order valence-electron chi connectivity index (χ3n) is 3.11. The first kappa shape index (κ1) is 15.0. The normalized spacial score (nSPS) is 25.1. The first-order valence-corrected chi connectivity index (χ1v) is 7.93. The van der Waals surface area contributed by atoms with E-state index in [-0.39, 0.29) is 30.5 Å². The van der Waals surface area contributed by atoms with Gasteiger partial charge in [0.1, 0.15) is 0 Å². The van der Waals surface area contributed by atoms with Crippen LogP contribution in [0.3, 0.4) is 0 Å². The van der Waals surface area contributed by atoms with E-state index in [4.69, 9.17) is 9.47 Å². The summed E-state index contributed by atoms with van der Waals surface area (Å²) >= 11 is 0. The zero-order valence-electron chi connectivity index (χ0n) is 11.5. The Morgan fingerprint density at radius 1 is 1.60 bits per heavy atom. The minimum atomic E-state index is -3.78. The number of hydrogen-bond acceptors (Lipinski definition) is 5. The van der Waals surface area contributed by atoms with E-state index in [0.29, 0.717) is 6.61 Å². The van der Waals surface area contributed by atoms with E-state index >= 15 is 0 Å². The number of esters is 1. The number of ether oxygens (including phenoxy) is 2. The van der Waals surface area contributed by atoms with E-state index in [9.17, 15) is 13.2 Å².